The molecule has 0 atom stereocenters. The van der Waals surface area contributed by atoms with Crippen LogP contribution in [0.5, 0.6) is 0 Å². The summed E-state index contributed by atoms with van der Waals surface area (Å²) in [6.07, 6.45) is 0. The molecule has 1 heterocycles. The summed E-state index contributed by atoms with van der Waals surface area (Å²) in [4.78, 5) is 15.1. The Balaban J connectivity index is 2.60. The molecule has 1 N–H and O–H groups in total. The molecule has 72 valence electrons. The SMILES string of the molecule is CC(=O)Nc1ccc(Br)c2scnc12. The molecule has 0 bridgehead atoms. The van der Waals surface area contributed by atoms with Crippen LogP contribution in [0.1, 0.15) is 6.92 Å². The molecule has 0 aliphatic carbocycles. The van der Waals surface area contributed by atoms with Gasteiger partial charge in [-0.3, -0.25) is 4.79 Å². The monoisotopic (exact) mass is 270 g/mol. The smallest absolute Gasteiger partial charge is 0.221 e. The lowest BCUT2D eigenvalue weighted by molar-refractivity contribution is -0.114. The van der Waals surface area contributed by atoms with Crippen LogP contribution in [0.4, 0.5) is 5.69 Å². The number of benzene rings is 1. The highest BCUT2D eigenvalue weighted by molar-refractivity contribution is 9.10. The van der Waals surface area contributed by atoms with E-state index >= 15 is 0 Å². The van der Waals surface area contributed by atoms with E-state index in [1.165, 1.54) is 6.92 Å². The fourth-order valence-corrected chi connectivity index (χ4v) is 2.53. The molecule has 2 aromatic rings. The van der Waals surface area contributed by atoms with Gasteiger partial charge in [0.05, 0.1) is 15.9 Å². The summed E-state index contributed by atoms with van der Waals surface area (Å²) in [6.45, 7) is 1.49. The highest BCUT2D eigenvalue weighted by Crippen LogP contribution is 2.32. The summed E-state index contributed by atoms with van der Waals surface area (Å²) in [7, 11) is 0. The zero-order valence-electron chi connectivity index (χ0n) is 7.37. The number of nitrogens with one attached hydrogen (secondary N) is 1. The molecule has 0 saturated heterocycles. The molecule has 0 spiro atoms. The van der Waals surface area contributed by atoms with Crippen LogP contribution in [-0.2, 0) is 4.79 Å². The first-order valence-corrected chi connectivity index (χ1v) is 5.65. The summed E-state index contributed by atoms with van der Waals surface area (Å²) in [5, 5.41) is 2.75. The second kappa shape index (κ2) is 3.67. The average molecular weight is 271 g/mol. The number of aromatic nitrogens is 1. The number of thiazole rings is 1. The van der Waals surface area contributed by atoms with Crippen molar-refractivity contribution in [1.29, 1.82) is 0 Å². The van der Waals surface area contributed by atoms with Gasteiger partial charge < -0.3 is 5.32 Å². The van der Waals surface area contributed by atoms with Crippen molar-refractivity contribution in [3.63, 3.8) is 0 Å². The van der Waals surface area contributed by atoms with E-state index in [1.54, 1.807) is 16.8 Å². The summed E-state index contributed by atoms with van der Waals surface area (Å²) in [5.41, 5.74) is 3.36. The molecule has 5 heteroatoms. The van der Waals surface area contributed by atoms with Gasteiger partial charge in [-0.05, 0) is 28.1 Å². The minimum atomic E-state index is -0.0818. The van der Waals surface area contributed by atoms with Gasteiger partial charge in [-0.25, -0.2) is 4.98 Å². The Bertz CT molecular complexity index is 495. The van der Waals surface area contributed by atoms with E-state index in [0.717, 1.165) is 20.4 Å². The normalized spacial score (nSPS) is 10.4. The molecular weight excluding hydrogens is 264 g/mol. The van der Waals surface area contributed by atoms with Gasteiger partial charge in [-0.1, -0.05) is 0 Å². The van der Waals surface area contributed by atoms with Crippen LogP contribution in [-0.4, -0.2) is 10.9 Å². The van der Waals surface area contributed by atoms with Gasteiger partial charge >= 0.3 is 0 Å². The van der Waals surface area contributed by atoms with Gasteiger partial charge in [-0.15, -0.1) is 11.3 Å². The first kappa shape index (κ1) is 9.61. The van der Waals surface area contributed by atoms with E-state index in [2.05, 4.69) is 26.2 Å². The van der Waals surface area contributed by atoms with Crippen molar-refractivity contribution in [1.82, 2.24) is 4.98 Å². The summed E-state index contributed by atoms with van der Waals surface area (Å²) in [5.74, 6) is -0.0818. The van der Waals surface area contributed by atoms with Crippen molar-refractivity contribution in [3.8, 4) is 0 Å². The minimum absolute atomic E-state index is 0.0818. The second-order valence-electron chi connectivity index (χ2n) is 2.81. The van der Waals surface area contributed by atoms with Crippen LogP contribution in [0.25, 0.3) is 10.2 Å². The molecule has 2 rings (SSSR count). The average Bonchev–Trinajstić information content (AvgIpc) is 2.58. The topological polar surface area (TPSA) is 42.0 Å². The molecule has 0 radical (unpaired) electrons. The molecule has 14 heavy (non-hydrogen) atoms. The largest absolute Gasteiger partial charge is 0.324 e. The fraction of sp³-hybridized carbons (Fsp3) is 0.111. The molecule has 0 unspecified atom stereocenters. The van der Waals surface area contributed by atoms with E-state index in [-0.39, 0.29) is 5.91 Å². The van der Waals surface area contributed by atoms with Crippen LogP contribution in [0, 0.1) is 0 Å². The van der Waals surface area contributed by atoms with Crippen LogP contribution in [0.15, 0.2) is 22.1 Å². The number of hydrogen-bond donors (Lipinski definition) is 1. The Labute approximate surface area is 93.3 Å². The van der Waals surface area contributed by atoms with E-state index in [9.17, 15) is 4.79 Å². The summed E-state index contributed by atoms with van der Waals surface area (Å²) < 4.78 is 2.06. The van der Waals surface area contributed by atoms with Crippen molar-refractivity contribution in [2.24, 2.45) is 0 Å². The van der Waals surface area contributed by atoms with Crippen molar-refractivity contribution >= 4 is 49.1 Å². The Morgan fingerprint density at radius 2 is 2.36 bits per heavy atom. The highest BCUT2D eigenvalue weighted by Gasteiger charge is 2.07. The molecule has 1 aromatic carbocycles. The fourth-order valence-electron chi connectivity index (χ4n) is 1.21. The zero-order chi connectivity index (χ0) is 10.1. The molecule has 0 fully saturated rings. The van der Waals surface area contributed by atoms with E-state index in [0.29, 0.717) is 0 Å². The van der Waals surface area contributed by atoms with Crippen molar-refractivity contribution in [2.45, 2.75) is 6.92 Å². The van der Waals surface area contributed by atoms with Crippen molar-refractivity contribution < 1.29 is 4.79 Å². The Morgan fingerprint density at radius 1 is 1.57 bits per heavy atom. The van der Waals surface area contributed by atoms with Crippen LogP contribution < -0.4 is 5.32 Å². The lowest BCUT2D eigenvalue weighted by Gasteiger charge is -2.03. The van der Waals surface area contributed by atoms with Crippen molar-refractivity contribution in [3.05, 3.63) is 22.1 Å². The molecule has 3 nitrogen and oxygen atoms in total. The zero-order valence-corrected chi connectivity index (χ0v) is 9.78. The molecule has 1 amide bonds. The van der Waals surface area contributed by atoms with Gasteiger partial charge in [0.15, 0.2) is 0 Å². The Hall–Kier alpha value is -0.940. The maximum Gasteiger partial charge on any atom is 0.221 e. The van der Waals surface area contributed by atoms with E-state index in [1.807, 2.05) is 12.1 Å². The van der Waals surface area contributed by atoms with E-state index in [4.69, 9.17) is 0 Å². The number of rotatable bonds is 1. The maximum absolute atomic E-state index is 10.9. The molecule has 0 aliphatic heterocycles. The van der Waals surface area contributed by atoms with Gasteiger partial charge in [-0.2, -0.15) is 0 Å². The van der Waals surface area contributed by atoms with Gasteiger partial charge in [0, 0.05) is 11.4 Å². The Morgan fingerprint density at radius 3 is 3.07 bits per heavy atom. The number of carbonyl (C=O) groups excluding carboxylic acids is 1. The predicted molar refractivity (Wildman–Crippen MR) is 61.6 cm³/mol. The minimum Gasteiger partial charge on any atom is -0.324 e. The first-order valence-electron chi connectivity index (χ1n) is 3.98. The van der Waals surface area contributed by atoms with Crippen LogP contribution in [0.3, 0.4) is 0 Å². The third kappa shape index (κ3) is 1.65. The quantitative estimate of drug-likeness (QED) is 0.866. The van der Waals surface area contributed by atoms with Crippen LogP contribution >= 0.6 is 27.3 Å². The second-order valence-corrected chi connectivity index (χ2v) is 4.52. The molecule has 0 saturated carbocycles. The molecule has 1 aromatic heterocycles. The maximum atomic E-state index is 10.9. The summed E-state index contributed by atoms with van der Waals surface area (Å²) >= 11 is 4.98. The standard InChI is InChI=1S/C9H7BrN2OS/c1-5(13)12-7-3-2-6(10)9-8(7)11-4-14-9/h2-4H,1H3,(H,12,13). The van der Waals surface area contributed by atoms with Gasteiger partial charge in [0.25, 0.3) is 0 Å². The number of halogens is 1. The lowest BCUT2D eigenvalue weighted by Crippen LogP contribution is -2.05. The van der Waals surface area contributed by atoms with Crippen LogP contribution in [0.2, 0.25) is 0 Å². The van der Waals surface area contributed by atoms with Gasteiger partial charge in [0.1, 0.15) is 5.52 Å². The number of anilines is 1. The first-order chi connectivity index (χ1) is 6.68. The summed E-state index contributed by atoms with van der Waals surface area (Å²) in [6, 6.07) is 3.75. The molecule has 0 aliphatic rings. The number of fused-ring (bicyclic) bond motifs is 1. The molecular formula is C9H7BrN2OS. The van der Waals surface area contributed by atoms with E-state index < -0.39 is 0 Å². The third-order valence-electron chi connectivity index (χ3n) is 1.75. The van der Waals surface area contributed by atoms with Gasteiger partial charge in [0.2, 0.25) is 5.91 Å². The number of carbonyl (C=O) groups is 1. The lowest BCUT2D eigenvalue weighted by atomic mass is 10.3. The van der Waals surface area contributed by atoms with Crippen molar-refractivity contribution in [2.75, 3.05) is 5.32 Å². The number of hydrogen-bond acceptors (Lipinski definition) is 3. The third-order valence-corrected chi connectivity index (χ3v) is 3.53. The highest BCUT2D eigenvalue weighted by atomic mass is 79.9. The predicted octanol–water partition coefficient (Wildman–Crippen LogP) is 3.02. The number of amides is 1. The number of nitrogens with zero attached hydrogens (tertiary/aromatic N) is 1. The Kier molecular flexibility index (Phi) is 2.52.